The Kier molecular flexibility index (Phi) is 7.73. The molecule has 0 aromatic heterocycles. The summed E-state index contributed by atoms with van der Waals surface area (Å²) in [7, 11) is 0. The number of rotatable bonds is 9. The Balaban J connectivity index is 1.37. The fraction of sp³-hybridized carbons (Fsp3) is 0.464. The molecule has 1 fully saturated rings. The maximum absolute atomic E-state index is 13.0. The van der Waals surface area contributed by atoms with Crippen LogP contribution < -0.4 is 10.6 Å². The van der Waals surface area contributed by atoms with E-state index in [9.17, 15) is 19.5 Å². The number of ether oxygens (including phenoxy) is 1. The van der Waals surface area contributed by atoms with E-state index in [2.05, 4.69) is 34.9 Å². The lowest BCUT2D eigenvalue weighted by Crippen LogP contribution is -2.51. The first-order valence-corrected chi connectivity index (χ1v) is 12.5. The summed E-state index contributed by atoms with van der Waals surface area (Å²) in [6.45, 7) is 4.34. The lowest BCUT2D eigenvalue weighted by Gasteiger charge is -2.25. The second-order valence-corrected chi connectivity index (χ2v) is 9.71. The smallest absolute Gasteiger partial charge is 0.407 e. The van der Waals surface area contributed by atoms with Crippen molar-refractivity contribution in [3.05, 3.63) is 59.7 Å². The molecule has 0 saturated heterocycles. The normalized spacial score (nSPS) is 20.4. The quantitative estimate of drug-likeness (QED) is 0.490. The van der Waals surface area contributed by atoms with E-state index in [0.29, 0.717) is 19.4 Å². The number of hydrogen-bond donors (Lipinski definition) is 3. The second-order valence-electron chi connectivity index (χ2n) is 9.71. The van der Waals surface area contributed by atoms with Crippen LogP contribution in [0.3, 0.4) is 0 Å². The molecule has 2 amide bonds. The van der Waals surface area contributed by atoms with Crippen molar-refractivity contribution >= 4 is 18.0 Å². The predicted octanol–water partition coefficient (Wildman–Crippen LogP) is 4.56. The number of fused-ring (bicyclic) bond motifs is 3. The summed E-state index contributed by atoms with van der Waals surface area (Å²) in [5, 5.41) is 15.0. The molecular weight excluding hydrogens is 444 g/mol. The molecule has 186 valence electrons. The molecule has 2 aromatic carbocycles. The van der Waals surface area contributed by atoms with Crippen molar-refractivity contribution in [1.82, 2.24) is 10.6 Å². The third-order valence-corrected chi connectivity index (χ3v) is 7.63. The van der Waals surface area contributed by atoms with Crippen molar-refractivity contribution < 1.29 is 24.2 Å². The Labute approximate surface area is 206 Å². The molecule has 0 spiro atoms. The van der Waals surface area contributed by atoms with Gasteiger partial charge in [-0.3, -0.25) is 9.59 Å². The van der Waals surface area contributed by atoms with E-state index in [1.165, 1.54) is 0 Å². The first-order chi connectivity index (χ1) is 16.9. The van der Waals surface area contributed by atoms with Crippen LogP contribution in [0.2, 0.25) is 0 Å². The molecule has 0 aliphatic heterocycles. The average molecular weight is 479 g/mol. The zero-order valence-electron chi connectivity index (χ0n) is 20.3. The fourth-order valence-corrected chi connectivity index (χ4v) is 5.42. The predicted molar refractivity (Wildman–Crippen MR) is 133 cm³/mol. The van der Waals surface area contributed by atoms with Gasteiger partial charge in [0.2, 0.25) is 5.91 Å². The lowest BCUT2D eigenvalue weighted by atomic mass is 9.95. The maximum atomic E-state index is 13.0. The summed E-state index contributed by atoms with van der Waals surface area (Å²) in [5.41, 5.74) is 4.56. The van der Waals surface area contributed by atoms with Gasteiger partial charge in [0, 0.05) is 12.5 Å². The number of hydrogen-bond acceptors (Lipinski definition) is 4. The minimum absolute atomic E-state index is 0.0562. The molecule has 0 radical (unpaired) electrons. The summed E-state index contributed by atoms with van der Waals surface area (Å²) >= 11 is 0. The highest BCUT2D eigenvalue weighted by Gasteiger charge is 2.35. The molecule has 4 rings (SSSR count). The number of amides is 2. The molecule has 2 aromatic rings. The topological polar surface area (TPSA) is 105 Å². The highest BCUT2D eigenvalue weighted by atomic mass is 16.5. The first kappa shape index (κ1) is 24.8. The molecule has 7 heteroatoms. The van der Waals surface area contributed by atoms with Gasteiger partial charge in [-0.25, -0.2) is 4.79 Å². The zero-order chi connectivity index (χ0) is 24.9. The Morgan fingerprint density at radius 1 is 1.03 bits per heavy atom. The number of carbonyl (C=O) groups is 3. The fourth-order valence-electron chi connectivity index (χ4n) is 5.42. The molecule has 0 heterocycles. The van der Waals surface area contributed by atoms with Gasteiger partial charge in [-0.15, -0.1) is 0 Å². The minimum Gasteiger partial charge on any atom is -0.481 e. The van der Waals surface area contributed by atoms with Gasteiger partial charge in [-0.05, 0) is 46.9 Å². The van der Waals surface area contributed by atoms with Crippen LogP contribution in [0.4, 0.5) is 4.79 Å². The molecule has 35 heavy (non-hydrogen) atoms. The minimum atomic E-state index is -0.808. The molecule has 7 nitrogen and oxygen atoms in total. The maximum Gasteiger partial charge on any atom is 0.407 e. The van der Waals surface area contributed by atoms with E-state index in [0.717, 1.165) is 35.1 Å². The first-order valence-electron chi connectivity index (χ1n) is 12.5. The SMILES string of the molecule is CCC(C)[C@H](NC(=O)OCC1c2ccccc2-c2ccccc21)C(=O)NC[C@H]1CCC[C@H]1C(=O)O. The van der Waals surface area contributed by atoms with Gasteiger partial charge in [0.15, 0.2) is 0 Å². The Morgan fingerprint density at radius 2 is 1.66 bits per heavy atom. The van der Waals surface area contributed by atoms with E-state index >= 15 is 0 Å². The van der Waals surface area contributed by atoms with Gasteiger partial charge >= 0.3 is 12.1 Å². The van der Waals surface area contributed by atoms with Gasteiger partial charge < -0.3 is 20.5 Å². The number of aliphatic carboxylic acids is 1. The van der Waals surface area contributed by atoms with Crippen molar-refractivity contribution in [3.63, 3.8) is 0 Å². The second kappa shape index (κ2) is 10.9. The monoisotopic (exact) mass is 478 g/mol. The summed E-state index contributed by atoms with van der Waals surface area (Å²) < 4.78 is 5.63. The Bertz CT molecular complexity index is 1040. The highest BCUT2D eigenvalue weighted by molar-refractivity contribution is 5.86. The van der Waals surface area contributed by atoms with Crippen molar-refractivity contribution in [1.29, 1.82) is 0 Å². The number of carboxylic acids is 1. The van der Waals surface area contributed by atoms with Crippen LogP contribution in [0, 0.1) is 17.8 Å². The van der Waals surface area contributed by atoms with Gasteiger partial charge in [-0.2, -0.15) is 0 Å². The molecule has 1 saturated carbocycles. The van der Waals surface area contributed by atoms with E-state index in [1.807, 2.05) is 38.1 Å². The van der Waals surface area contributed by atoms with Crippen molar-refractivity contribution in [2.24, 2.45) is 17.8 Å². The van der Waals surface area contributed by atoms with Gasteiger partial charge in [0.1, 0.15) is 12.6 Å². The van der Waals surface area contributed by atoms with Crippen LogP contribution in [-0.4, -0.2) is 42.3 Å². The van der Waals surface area contributed by atoms with Crippen LogP contribution in [0.15, 0.2) is 48.5 Å². The average Bonchev–Trinajstić information content (AvgIpc) is 3.47. The molecular formula is C28H34N2O5. The van der Waals surface area contributed by atoms with Crippen molar-refractivity contribution in [3.8, 4) is 11.1 Å². The van der Waals surface area contributed by atoms with Crippen LogP contribution >= 0.6 is 0 Å². The van der Waals surface area contributed by atoms with Crippen molar-refractivity contribution in [2.45, 2.75) is 51.5 Å². The summed E-state index contributed by atoms with van der Waals surface area (Å²) in [6, 6.07) is 15.5. The molecule has 2 aliphatic carbocycles. The highest BCUT2D eigenvalue weighted by Crippen LogP contribution is 2.44. The number of alkyl carbamates (subject to hydrolysis) is 1. The number of carbonyl (C=O) groups excluding carboxylic acids is 2. The Morgan fingerprint density at radius 3 is 2.26 bits per heavy atom. The molecule has 1 unspecified atom stereocenters. The van der Waals surface area contributed by atoms with Crippen LogP contribution in [0.25, 0.3) is 11.1 Å². The molecule has 4 atom stereocenters. The summed E-state index contributed by atoms with van der Waals surface area (Å²) in [6.07, 6.45) is 2.34. The van der Waals surface area contributed by atoms with Gasteiger partial charge in [0.05, 0.1) is 5.92 Å². The van der Waals surface area contributed by atoms with Gasteiger partial charge in [0.25, 0.3) is 0 Å². The van der Waals surface area contributed by atoms with Crippen LogP contribution in [0.1, 0.15) is 56.6 Å². The standard InChI is InChI=1S/C28H34N2O5/c1-3-17(2)25(26(31)29-15-18-9-8-14-19(18)27(32)33)30-28(34)35-16-24-22-12-6-4-10-20(22)21-11-5-7-13-23(21)24/h4-7,10-13,17-19,24-25H,3,8-9,14-16H2,1-2H3,(H,29,31)(H,30,34)(H,32,33)/t17?,18-,19-,25+/m1/s1. The van der Waals surface area contributed by atoms with E-state index < -0.39 is 24.0 Å². The van der Waals surface area contributed by atoms with Crippen LogP contribution in [-0.2, 0) is 14.3 Å². The summed E-state index contributed by atoms with van der Waals surface area (Å²) in [5.74, 6) is -1.77. The lowest BCUT2D eigenvalue weighted by molar-refractivity contribution is -0.143. The van der Waals surface area contributed by atoms with E-state index in [1.54, 1.807) is 0 Å². The van der Waals surface area contributed by atoms with E-state index in [-0.39, 0.29) is 30.3 Å². The number of benzene rings is 2. The zero-order valence-corrected chi connectivity index (χ0v) is 20.3. The van der Waals surface area contributed by atoms with Crippen LogP contribution in [0.5, 0.6) is 0 Å². The third kappa shape index (κ3) is 5.34. The van der Waals surface area contributed by atoms with Crippen molar-refractivity contribution in [2.75, 3.05) is 13.2 Å². The van der Waals surface area contributed by atoms with Gasteiger partial charge in [-0.1, -0.05) is 75.2 Å². The number of carboxylic acid groups (broad SMARTS) is 1. The molecule has 3 N–H and O–H groups in total. The van der Waals surface area contributed by atoms with E-state index in [4.69, 9.17) is 4.74 Å². The third-order valence-electron chi connectivity index (χ3n) is 7.63. The molecule has 2 aliphatic rings. The summed E-state index contributed by atoms with van der Waals surface area (Å²) in [4.78, 5) is 37.2. The Hall–Kier alpha value is -3.35. The largest absolute Gasteiger partial charge is 0.481 e. The molecule has 0 bridgehead atoms. The number of nitrogens with one attached hydrogen (secondary N) is 2.